The zero-order valence-corrected chi connectivity index (χ0v) is 29.3. The van der Waals surface area contributed by atoms with Gasteiger partial charge in [-0.25, -0.2) is 5.10 Å². The third-order valence-corrected chi connectivity index (χ3v) is 10.6. The van der Waals surface area contributed by atoms with Crippen LogP contribution in [0, 0.1) is 18.8 Å². The third-order valence-electron chi connectivity index (χ3n) is 10.6. The van der Waals surface area contributed by atoms with Crippen LogP contribution in [0.5, 0.6) is 0 Å². The molecule has 0 spiro atoms. The van der Waals surface area contributed by atoms with Gasteiger partial charge in [-0.3, -0.25) is 19.4 Å². The fraction of sp³-hybridized carbons (Fsp3) is 0.447. The predicted molar refractivity (Wildman–Crippen MR) is 195 cm³/mol. The van der Waals surface area contributed by atoms with Crippen LogP contribution in [0.1, 0.15) is 60.1 Å². The van der Waals surface area contributed by atoms with Gasteiger partial charge in [-0.05, 0) is 115 Å². The number of aryl methyl sites for hydroxylation is 1. The van der Waals surface area contributed by atoms with Gasteiger partial charge >= 0.3 is 0 Å². The van der Waals surface area contributed by atoms with Gasteiger partial charge in [0.15, 0.2) is 5.82 Å². The summed E-state index contributed by atoms with van der Waals surface area (Å²) in [5, 5.41) is 26.6. The summed E-state index contributed by atoms with van der Waals surface area (Å²) in [7, 11) is 0. The Labute approximate surface area is 302 Å². The molecule has 7 rings (SSSR count). The number of fused-ring (bicyclic) bond motifs is 2. The van der Waals surface area contributed by atoms with Crippen LogP contribution >= 0.6 is 0 Å². The molecule has 2 unspecified atom stereocenters. The van der Waals surface area contributed by atoms with Gasteiger partial charge in [0.2, 0.25) is 11.8 Å². The highest BCUT2D eigenvalue weighted by Crippen LogP contribution is 2.29. The summed E-state index contributed by atoms with van der Waals surface area (Å²) >= 11 is 0. The lowest BCUT2D eigenvalue weighted by Crippen LogP contribution is -2.58. The molecule has 14 heteroatoms. The number of benzene rings is 2. The van der Waals surface area contributed by atoms with E-state index in [-0.39, 0.29) is 41.8 Å². The van der Waals surface area contributed by atoms with Crippen molar-refractivity contribution >= 4 is 23.4 Å². The van der Waals surface area contributed by atoms with Crippen LogP contribution in [0.3, 0.4) is 0 Å². The maximum atomic E-state index is 13.7. The number of carbonyl (C=O) groups excluding carboxylic acids is 3. The largest absolute Gasteiger partial charge is 0.378 e. The number of aromatic nitrogens is 5. The van der Waals surface area contributed by atoms with Gasteiger partial charge in [0.05, 0.1) is 13.2 Å². The van der Waals surface area contributed by atoms with Gasteiger partial charge in [-0.2, -0.15) is 0 Å². The monoisotopic (exact) mass is 706 g/mol. The molecular formula is C38H46N10O4. The molecule has 2 aromatic heterocycles. The summed E-state index contributed by atoms with van der Waals surface area (Å²) in [6, 6.07) is 16.7. The molecule has 1 aliphatic carbocycles. The Bertz CT molecular complexity index is 1830. The van der Waals surface area contributed by atoms with E-state index in [9.17, 15) is 14.4 Å². The number of hydrogen-bond donors (Lipinski definition) is 6. The number of H-pyrrole nitrogens is 1. The Kier molecular flexibility index (Phi) is 10.9. The molecule has 14 nitrogen and oxygen atoms in total. The van der Waals surface area contributed by atoms with Crippen molar-refractivity contribution in [2.24, 2.45) is 17.6 Å². The van der Waals surface area contributed by atoms with Gasteiger partial charge in [0.25, 0.3) is 5.91 Å². The number of pyridine rings is 1. The summed E-state index contributed by atoms with van der Waals surface area (Å²) in [4.78, 5) is 44.8. The second-order valence-corrected chi connectivity index (χ2v) is 14.4. The minimum atomic E-state index is -0.794. The minimum absolute atomic E-state index is 0.0901. The fourth-order valence-corrected chi connectivity index (χ4v) is 7.63. The van der Waals surface area contributed by atoms with E-state index in [4.69, 9.17) is 10.5 Å². The molecule has 4 aromatic rings. The van der Waals surface area contributed by atoms with Crippen LogP contribution in [0.4, 0.5) is 5.69 Å². The molecule has 2 aromatic carbocycles. The van der Waals surface area contributed by atoms with Crippen molar-refractivity contribution in [2.45, 2.75) is 76.0 Å². The van der Waals surface area contributed by atoms with E-state index in [1.165, 1.54) is 0 Å². The lowest BCUT2D eigenvalue weighted by Gasteiger charge is -2.40. The van der Waals surface area contributed by atoms with Crippen LogP contribution in [0.25, 0.3) is 22.5 Å². The van der Waals surface area contributed by atoms with Gasteiger partial charge in [0, 0.05) is 53.5 Å². The third kappa shape index (κ3) is 8.52. The Morgan fingerprint density at radius 2 is 1.67 bits per heavy atom. The first-order valence-electron chi connectivity index (χ1n) is 18.2. The number of hydrogen-bond acceptors (Lipinski definition) is 10. The number of morpholine rings is 1. The smallest absolute Gasteiger partial charge is 0.270 e. The zero-order chi connectivity index (χ0) is 36.0. The molecule has 2 bridgehead atoms. The van der Waals surface area contributed by atoms with Crippen LogP contribution in [0.2, 0.25) is 0 Å². The van der Waals surface area contributed by atoms with E-state index in [2.05, 4.69) is 46.9 Å². The van der Waals surface area contributed by atoms with E-state index >= 15 is 0 Å². The average molecular weight is 707 g/mol. The van der Waals surface area contributed by atoms with Crippen LogP contribution in [-0.2, 0) is 20.7 Å². The highest BCUT2D eigenvalue weighted by Gasteiger charge is 2.33. The second kappa shape index (κ2) is 16.1. The number of anilines is 1. The first-order chi connectivity index (χ1) is 25.3. The van der Waals surface area contributed by atoms with Gasteiger partial charge < -0.3 is 31.7 Å². The molecule has 3 amide bonds. The molecule has 3 atom stereocenters. The fourth-order valence-electron chi connectivity index (χ4n) is 7.63. The number of rotatable bonds is 11. The maximum absolute atomic E-state index is 13.7. The van der Waals surface area contributed by atoms with Crippen molar-refractivity contribution in [2.75, 3.05) is 25.1 Å². The number of nitrogens with one attached hydrogen (secondary N) is 5. The van der Waals surface area contributed by atoms with Gasteiger partial charge in [0.1, 0.15) is 11.7 Å². The molecule has 2 saturated heterocycles. The number of amides is 3. The topological polar surface area (TPSA) is 202 Å². The highest BCUT2D eigenvalue weighted by molar-refractivity contribution is 5.98. The zero-order valence-electron chi connectivity index (χ0n) is 29.3. The second-order valence-electron chi connectivity index (χ2n) is 14.4. The molecule has 52 heavy (non-hydrogen) atoms. The number of nitrogens with two attached hydrogens (primary N) is 1. The summed E-state index contributed by atoms with van der Waals surface area (Å²) in [6.45, 7) is 3.95. The Morgan fingerprint density at radius 1 is 0.962 bits per heavy atom. The molecule has 0 radical (unpaired) electrons. The normalized spacial score (nSPS) is 23.3. The Balaban J connectivity index is 1.01. The highest BCUT2D eigenvalue weighted by atomic mass is 16.5. The molecule has 1 saturated carbocycles. The van der Waals surface area contributed by atoms with Gasteiger partial charge in [-0.15, -0.1) is 5.10 Å². The lowest BCUT2D eigenvalue weighted by molar-refractivity contribution is -0.130. The number of ether oxygens (including phenoxy) is 1. The molecule has 7 N–H and O–H groups in total. The van der Waals surface area contributed by atoms with Crippen molar-refractivity contribution in [1.29, 1.82) is 0 Å². The van der Waals surface area contributed by atoms with E-state index in [1.54, 1.807) is 18.3 Å². The summed E-state index contributed by atoms with van der Waals surface area (Å²) < 4.78 is 5.63. The summed E-state index contributed by atoms with van der Waals surface area (Å²) in [5.41, 5.74) is 11.3. The molecule has 4 heterocycles. The van der Waals surface area contributed by atoms with Crippen molar-refractivity contribution < 1.29 is 19.1 Å². The van der Waals surface area contributed by atoms with Crippen LogP contribution < -0.4 is 27.0 Å². The Morgan fingerprint density at radius 3 is 2.33 bits per heavy atom. The minimum Gasteiger partial charge on any atom is -0.378 e. The van der Waals surface area contributed by atoms with E-state index in [0.717, 1.165) is 66.3 Å². The number of carbonyl (C=O) groups is 3. The molecule has 3 aliphatic rings. The molecule has 3 fully saturated rings. The SMILES string of the molecule is Cc1cc(C(=O)NC2CC3COCC(C2)N3)ncc1-c1ccc(C[C@H](NC(=O)[C@H]2CC[C@H](CN)CC2)C(=O)Nc2ccc(-c3nnn[nH]3)cc2)cc1. The quantitative estimate of drug-likeness (QED) is 0.135. The van der Waals surface area contributed by atoms with Crippen molar-refractivity contribution in [3.63, 3.8) is 0 Å². The summed E-state index contributed by atoms with van der Waals surface area (Å²) in [6.07, 6.45) is 7.06. The Hall–Kier alpha value is -5.05. The molecule has 2 aliphatic heterocycles. The van der Waals surface area contributed by atoms with Crippen molar-refractivity contribution in [3.05, 3.63) is 77.6 Å². The van der Waals surface area contributed by atoms with Crippen molar-refractivity contribution in [3.8, 4) is 22.5 Å². The predicted octanol–water partition coefficient (Wildman–Crippen LogP) is 2.92. The van der Waals surface area contributed by atoms with Crippen LogP contribution in [0.15, 0.2) is 60.8 Å². The first kappa shape index (κ1) is 35.4. The molecular weight excluding hydrogens is 660 g/mol. The van der Waals surface area contributed by atoms with Crippen LogP contribution in [-0.4, -0.2) is 87.3 Å². The average Bonchev–Trinajstić information content (AvgIpc) is 3.70. The summed E-state index contributed by atoms with van der Waals surface area (Å²) in [5.74, 6) is 0.233. The van der Waals surface area contributed by atoms with E-state index in [1.807, 2.05) is 49.4 Å². The van der Waals surface area contributed by atoms with E-state index in [0.29, 0.717) is 49.3 Å². The number of piperidine rings is 1. The number of tetrazole rings is 1. The maximum Gasteiger partial charge on any atom is 0.270 e. The van der Waals surface area contributed by atoms with E-state index < -0.39 is 6.04 Å². The first-order valence-corrected chi connectivity index (χ1v) is 18.2. The van der Waals surface area contributed by atoms with Gasteiger partial charge in [-0.1, -0.05) is 24.3 Å². The molecule has 272 valence electrons. The number of nitrogens with zero attached hydrogens (tertiary/aromatic N) is 4. The number of aromatic amines is 1. The standard InChI is InChI=1S/C38H46N10O4/c1-22-14-33(37(50)43-29-16-30-20-52-21-31(17-29)41-30)40-19-32(22)25-6-2-23(3-7-25)15-34(44-36(49)27-8-4-24(18-39)5-9-27)38(51)42-28-12-10-26(11-13-28)35-45-47-48-46-35/h2-3,6-7,10-14,19,24,27,29-31,34,41H,4-5,8-9,15-18,20-21,39H2,1H3,(H,42,51)(H,43,50)(H,44,49)(H,45,46,47,48)/t24-,27-,29?,30?,31?,34-/m0/s1. The van der Waals surface area contributed by atoms with Crippen molar-refractivity contribution in [1.82, 2.24) is 41.6 Å². The lowest BCUT2D eigenvalue weighted by atomic mass is 9.81.